The molecule has 110 valence electrons. The molecule has 1 aromatic carbocycles. The minimum Gasteiger partial charge on any atom is -0.294 e. The summed E-state index contributed by atoms with van der Waals surface area (Å²) in [5, 5.41) is 4.63. The van der Waals surface area contributed by atoms with Crippen molar-refractivity contribution in [1.82, 2.24) is 9.78 Å². The SMILES string of the molecule is CCC(C)n1ccc(CC2CCc3ccccc3C2=O)n1. The summed E-state index contributed by atoms with van der Waals surface area (Å²) in [7, 11) is 0. The second-order valence-corrected chi connectivity index (χ2v) is 6.01. The number of benzene rings is 1. The summed E-state index contributed by atoms with van der Waals surface area (Å²) in [5.41, 5.74) is 3.15. The van der Waals surface area contributed by atoms with Crippen LogP contribution < -0.4 is 0 Å². The van der Waals surface area contributed by atoms with Gasteiger partial charge in [-0.1, -0.05) is 31.2 Å². The third-order valence-corrected chi connectivity index (χ3v) is 4.58. The lowest BCUT2D eigenvalue weighted by Gasteiger charge is -2.22. The molecule has 0 radical (unpaired) electrons. The summed E-state index contributed by atoms with van der Waals surface area (Å²) in [5.74, 6) is 0.370. The molecule has 3 nitrogen and oxygen atoms in total. The van der Waals surface area contributed by atoms with Crippen LogP contribution in [-0.2, 0) is 12.8 Å². The molecule has 0 aliphatic heterocycles. The molecule has 21 heavy (non-hydrogen) atoms. The molecule has 1 heterocycles. The Hall–Kier alpha value is -1.90. The third kappa shape index (κ3) is 2.78. The van der Waals surface area contributed by atoms with E-state index in [9.17, 15) is 4.79 Å². The molecule has 2 atom stereocenters. The first-order valence-electron chi connectivity index (χ1n) is 7.85. The standard InChI is InChI=1S/C18H22N2O/c1-3-13(2)20-11-10-16(19-20)12-15-9-8-14-6-4-5-7-17(14)18(15)21/h4-7,10-11,13,15H,3,8-9,12H2,1-2H3. The first-order valence-corrected chi connectivity index (χ1v) is 7.85. The fourth-order valence-electron chi connectivity index (χ4n) is 3.03. The molecule has 2 aromatic rings. The van der Waals surface area contributed by atoms with E-state index in [4.69, 9.17) is 0 Å². The van der Waals surface area contributed by atoms with E-state index < -0.39 is 0 Å². The van der Waals surface area contributed by atoms with Crippen molar-refractivity contribution in [2.45, 2.75) is 45.6 Å². The highest BCUT2D eigenvalue weighted by molar-refractivity contribution is 6.00. The monoisotopic (exact) mass is 282 g/mol. The quantitative estimate of drug-likeness (QED) is 0.854. The van der Waals surface area contributed by atoms with Gasteiger partial charge in [0.2, 0.25) is 0 Å². The number of ketones is 1. The van der Waals surface area contributed by atoms with Crippen molar-refractivity contribution in [1.29, 1.82) is 0 Å². The van der Waals surface area contributed by atoms with Crippen molar-refractivity contribution in [2.75, 3.05) is 0 Å². The molecule has 1 aliphatic rings. The van der Waals surface area contributed by atoms with E-state index in [1.165, 1.54) is 5.56 Å². The molecule has 3 heteroatoms. The molecule has 2 unspecified atom stereocenters. The molecule has 0 bridgehead atoms. The molecule has 0 N–H and O–H groups in total. The van der Waals surface area contributed by atoms with E-state index in [1.807, 2.05) is 29.1 Å². The van der Waals surface area contributed by atoms with Gasteiger partial charge in [0.05, 0.1) is 5.69 Å². The van der Waals surface area contributed by atoms with Gasteiger partial charge in [-0.15, -0.1) is 0 Å². The van der Waals surface area contributed by atoms with Gasteiger partial charge in [0.1, 0.15) is 0 Å². The molecule has 0 fully saturated rings. The van der Waals surface area contributed by atoms with Gasteiger partial charge in [0, 0.05) is 30.1 Å². The Kier molecular flexibility index (Phi) is 3.91. The van der Waals surface area contributed by atoms with Gasteiger partial charge in [-0.05, 0) is 37.8 Å². The van der Waals surface area contributed by atoms with Crippen LogP contribution >= 0.6 is 0 Å². The van der Waals surface area contributed by atoms with Gasteiger partial charge in [-0.2, -0.15) is 5.10 Å². The zero-order valence-corrected chi connectivity index (χ0v) is 12.7. The van der Waals surface area contributed by atoms with E-state index in [1.54, 1.807) is 0 Å². The third-order valence-electron chi connectivity index (χ3n) is 4.58. The second kappa shape index (κ2) is 5.84. The van der Waals surface area contributed by atoms with Gasteiger partial charge in [-0.3, -0.25) is 9.48 Å². The van der Waals surface area contributed by atoms with E-state index in [0.717, 1.165) is 36.9 Å². The highest BCUT2D eigenvalue weighted by atomic mass is 16.1. The number of aromatic nitrogens is 2. The largest absolute Gasteiger partial charge is 0.294 e. The molecule has 1 aliphatic carbocycles. The smallest absolute Gasteiger partial charge is 0.166 e. The summed E-state index contributed by atoms with van der Waals surface area (Å²) in [6, 6.07) is 10.5. The van der Waals surface area contributed by atoms with Gasteiger partial charge >= 0.3 is 0 Å². The molecular weight excluding hydrogens is 260 g/mol. The maximum Gasteiger partial charge on any atom is 0.166 e. The Morgan fingerprint density at radius 1 is 1.33 bits per heavy atom. The Balaban J connectivity index is 1.75. The zero-order valence-electron chi connectivity index (χ0n) is 12.7. The first-order chi connectivity index (χ1) is 10.2. The van der Waals surface area contributed by atoms with Gasteiger partial charge < -0.3 is 0 Å². The minimum absolute atomic E-state index is 0.0835. The lowest BCUT2D eigenvalue weighted by Crippen LogP contribution is -2.24. The Morgan fingerprint density at radius 2 is 2.14 bits per heavy atom. The number of carbonyl (C=O) groups excluding carboxylic acids is 1. The predicted molar refractivity (Wildman–Crippen MR) is 83.5 cm³/mol. The number of nitrogens with zero attached hydrogens (tertiary/aromatic N) is 2. The van der Waals surface area contributed by atoms with Crippen LogP contribution in [0.3, 0.4) is 0 Å². The van der Waals surface area contributed by atoms with Crippen molar-refractivity contribution in [2.24, 2.45) is 5.92 Å². The summed E-state index contributed by atoms with van der Waals surface area (Å²) in [6.07, 6.45) is 5.79. The van der Waals surface area contributed by atoms with Crippen LogP contribution in [0.25, 0.3) is 0 Å². The topological polar surface area (TPSA) is 34.9 Å². The van der Waals surface area contributed by atoms with Crippen molar-refractivity contribution in [3.8, 4) is 0 Å². The maximum absolute atomic E-state index is 12.6. The number of Topliss-reactive ketones (excluding diaryl/α,β-unsaturated/α-hetero) is 1. The Morgan fingerprint density at radius 3 is 2.95 bits per heavy atom. The normalized spacial score (nSPS) is 19.3. The van der Waals surface area contributed by atoms with Gasteiger partial charge in [-0.25, -0.2) is 0 Å². The summed E-state index contributed by atoms with van der Waals surface area (Å²) in [4.78, 5) is 12.6. The summed E-state index contributed by atoms with van der Waals surface area (Å²) >= 11 is 0. The van der Waals surface area contributed by atoms with Crippen LogP contribution in [0.15, 0.2) is 36.5 Å². The molecule has 0 saturated carbocycles. The minimum atomic E-state index is 0.0835. The molecule has 0 spiro atoms. The zero-order chi connectivity index (χ0) is 14.8. The highest BCUT2D eigenvalue weighted by Crippen LogP contribution is 2.27. The maximum atomic E-state index is 12.6. The summed E-state index contributed by atoms with van der Waals surface area (Å²) < 4.78 is 2.01. The molecule has 1 aromatic heterocycles. The van der Waals surface area contributed by atoms with Crippen LogP contribution in [0.5, 0.6) is 0 Å². The van der Waals surface area contributed by atoms with Crippen molar-refractivity contribution in [3.63, 3.8) is 0 Å². The number of fused-ring (bicyclic) bond motifs is 1. The van der Waals surface area contributed by atoms with E-state index in [0.29, 0.717) is 6.04 Å². The van der Waals surface area contributed by atoms with Crippen LogP contribution in [0, 0.1) is 5.92 Å². The number of hydrogen-bond acceptors (Lipinski definition) is 2. The average Bonchev–Trinajstić information content (AvgIpc) is 2.98. The Bertz CT molecular complexity index is 644. The molecule has 0 saturated heterocycles. The fourth-order valence-corrected chi connectivity index (χ4v) is 3.03. The van der Waals surface area contributed by atoms with Gasteiger partial charge in [0.15, 0.2) is 5.78 Å². The van der Waals surface area contributed by atoms with E-state index in [2.05, 4.69) is 31.1 Å². The van der Waals surface area contributed by atoms with E-state index >= 15 is 0 Å². The lowest BCUT2D eigenvalue weighted by molar-refractivity contribution is 0.0900. The fraction of sp³-hybridized carbons (Fsp3) is 0.444. The van der Waals surface area contributed by atoms with Crippen molar-refractivity contribution in [3.05, 3.63) is 53.3 Å². The lowest BCUT2D eigenvalue weighted by atomic mass is 9.80. The molecule has 3 rings (SSSR count). The van der Waals surface area contributed by atoms with Crippen LogP contribution in [-0.4, -0.2) is 15.6 Å². The summed E-state index contributed by atoms with van der Waals surface area (Å²) in [6.45, 7) is 4.33. The number of hydrogen-bond donors (Lipinski definition) is 0. The van der Waals surface area contributed by atoms with Gasteiger partial charge in [0.25, 0.3) is 0 Å². The number of rotatable bonds is 4. The average molecular weight is 282 g/mol. The molecule has 0 amide bonds. The number of aryl methyl sites for hydroxylation is 1. The van der Waals surface area contributed by atoms with Crippen LogP contribution in [0.1, 0.15) is 54.3 Å². The van der Waals surface area contributed by atoms with Crippen molar-refractivity contribution < 1.29 is 4.79 Å². The first kappa shape index (κ1) is 14.1. The highest BCUT2D eigenvalue weighted by Gasteiger charge is 2.27. The van der Waals surface area contributed by atoms with E-state index in [-0.39, 0.29) is 11.7 Å². The Labute approximate surface area is 126 Å². The van der Waals surface area contributed by atoms with Crippen LogP contribution in [0.4, 0.5) is 0 Å². The molecular formula is C18H22N2O. The van der Waals surface area contributed by atoms with Crippen LogP contribution in [0.2, 0.25) is 0 Å². The predicted octanol–water partition coefficient (Wildman–Crippen LogP) is 3.84. The number of carbonyl (C=O) groups is 1. The second-order valence-electron chi connectivity index (χ2n) is 6.01. The van der Waals surface area contributed by atoms with Crippen molar-refractivity contribution >= 4 is 5.78 Å².